The van der Waals surface area contributed by atoms with Crippen LogP contribution in [-0.2, 0) is 13.1 Å². The molecule has 0 amide bonds. The highest BCUT2D eigenvalue weighted by Crippen LogP contribution is 2.07. The standard InChI is InChI=1S/C13H17N3O2/c1-10-5-7-18-12(10)9-16-13(14-2)15-8-11-4-3-6-17-11/h3-7H,8-9H2,1-2H3,(H2,14,15,16). The second-order valence-corrected chi connectivity index (χ2v) is 3.89. The lowest BCUT2D eigenvalue weighted by atomic mass is 10.3. The van der Waals surface area contributed by atoms with Gasteiger partial charge in [-0.05, 0) is 30.7 Å². The van der Waals surface area contributed by atoms with E-state index < -0.39 is 0 Å². The largest absolute Gasteiger partial charge is 0.467 e. The zero-order valence-corrected chi connectivity index (χ0v) is 10.6. The van der Waals surface area contributed by atoms with Crippen LogP contribution in [0.3, 0.4) is 0 Å². The normalized spacial score (nSPS) is 11.6. The molecule has 0 aromatic carbocycles. The Balaban J connectivity index is 1.81. The third kappa shape index (κ3) is 3.16. The smallest absolute Gasteiger partial charge is 0.191 e. The fourth-order valence-electron chi connectivity index (χ4n) is 1.55. The minimum absolute atomic E-state index is 0.601. The summed E-state index contributed by atoms with van der Waals surface area (Å²) in [7, 11) is 1.73. The van der Waals surface area contributed by atoms with E-state index >= 15 is 0 Å². The average molecular weight is 247 g/mol. The van der Waals surface area contributed by atoms with Crippen molar-refractivity contribution in [3.8, 4) is 0 Å². The molecule has 0 radical (unpaired) electrons. The number of aliphatic imine (C=N–C) groups is 1. The van der Waals surface area contributed by atoms with Crippen LogP contribution in [-0.4, -0.2) is 13.0 Å². The van der Waals surface area contributed by atoms with Crippen LogP contribution in [0.4, 0.5) is 0 Å². The molecule has 0 aliphatic carbocycles. The van der Waals surface area contributed by atoms with Gasteiger partial charge in [0, 0.05) is 7.05 Å². The number of aryl methyl sites for hydroxylation is 1. The van der Waals surface area contributed by atoms with Crippen molar-refractivity contribution in [2.45, 2.75) is 20.0 Å². The van der Waals surface area contributed by atoms with Gasteiger partial charge in [-0.15, -0.1) is 0 Å². The summed E-state index contributed by atoms with van der Waals surface area (Å²) in [4.78, 5) is 4.13. The van der Waals surface area contributed by atoms with Crippen LogP contribution in [0, 0.1) is 6.92 Å². The van der Waals surface area contributed by atoms with Crippen molar-refractivity contribution in [3.63, 3.8) is 0 Å². The van der Waals surface area contributed by atoms with Crippen molar-refractivity contribution in [1.82, 2.24) is 10.6 Å². The highest BCUT2D eigenvalue weighted by atomic mass is 16.3. The van der Waals surface area contributed by atoms with Crippen molar-refractivity contribution in [1.29, 1.82) is 0 Å². The highest BCUT2D eigenvalue weighted by molar-refractivity contribution is 5.79. The monoisotopic (exact) mass is 247 g/mol. The molecule has 0 atom stereocenters. The first-order chi connectivity index (χ1) is 8.79. The number of nitrogens with zero attached hydrogens (tertiary/aromatic N) is 1. The van der Waals surface area contributed by atoms with Crippen molar-refractivity contribution < 1.29 is 8.83 Å². The lowest BCUT2D eigenvalue weighted by Crippen LogP contribution is -2.36. The Labute approximate surface area is 106 Å². The predicted molar refractivity (Wildman–Crippen MR) is 69.2 cm³/mol. The molecule has 96 valence electrons. The van der Waals surface area contributed by atoms with Gasteiger partial charge in [-0.2, -0.15) is 0 Å². The first kappa shape index (κ1) is 12.3. The summed E-state index contributed by atoms with van der Waals surface area (Å²) in [5.41, 5.74) is 1.13. The summed E-state index contributed by atoms with van der Waals surface area (Å²) >= 11 is 0. The van der Waals surface area contributed by atoms with E-state index in [0.29, 0.717) is 19.0 Å². The molecule has 0 spiro atoms. The van der Waals surface area contributed by atoms with Crippen molar-refractivity contribution in [3.05, 3.63) is 47.8 Å². The maximum atomic E-state index is 5.35. The number of nitrogens with one attached hydrogen (secondary N) is 2. The minimum atomic E-state index is 0.601. The highest BCUT2D eigenvalue weighted by Gasteiger charge is 2.04. The Bertz CT molecular complexity index is 500. The fraction of sp³-hybridized carbons (Fsp3) is 0.308. The summed E-state index contributed by atoms with van der Waals surface area (Å²) < 4.78 is 10.6. The van der Waals surface area contributed by atoms with E-state index in [2.05, 4.69) is 15.6 Å². The van der Waals surface area contributed by atoms with Gasteiger partial charge >= 0.3 is 0 Å². The number of furan rings is 2. The van der Waals surface area contributed by atoms with E-state index in [9.17, 15) is 0 Å². The van der Waals surface area contributed by atoms with E-state index in [1.807, 2.05) is 25.1 Å². The maximum absolute atomic E-state index is 5.35. The summed E-state index contributed by atoms with van der Waals surface area (Å²) in [5.74, 6) is 2.49. The Kier molecular flexibility index (Phi) is 4.06. The van der Waals surface area contributed by atoms with Gasteiger partial charge in [-0.25, -0.2) is 0 Å². The van der Waals surface area contributed by atoms with Crippen LogP contribution in [0.1, 0.15) is 17.1 Å². The zero-order valence-electron chi connectivity index (χ0n) is 10.6. The van der Waals surface area contributed by atoms with Gasteiger partial charge in [0.05, 0.1) is 25.6 Å². The van der Waals surface area contributed by atoms with Crippen LogP contribution < -0.4 is 10.6 Å². The first-order valence-electron chi connectivity index (χ1n) is 5.79. The molecule has 0 fully saturated rings. The second kappa shape index (κ2) is 5.95. The third-order valence-corrected chi connectivity index (χ3v) is 2.62. The van der Waals surface area contributed by atoms with Gasteiger partial charge in [0.25, 0.3) is 0 Å². The molecular formula is C13H17N3O2. The molecule has 2 rings (SSSR count). The molecule has 0 unspecified atom stereocenters. The van der Waals surface area contributed by atoms with Gasteiger partial charge in [0.15, 0.2) is 5.96 Å². The van der Waals surface area contributed by atoms with Gasteiger partial charge in [0.2, 0.25) is 0 Å². The molecule has 2 heterocycles. The van der Waals surface area contributed by atoms with E-state index in [-0.39, 0.29) is 0 Å². The SMILES string of the molecule is CN=C(NCc1ccco1)NCc1occc1C. The lowest BCUT2D eigenvalue weighted by Gasteiger charge is -2.10. The van der Waals surface area contributed by atoms with Crippen molar-refractivity contribution in [2.24, 2.45) is 4.99 Å². The summed E-state index contributed by atoms with van der Waals surface area (Å²) in [6, 6.07) is 5.71. The summed E-state index contributed by atoms with van der Waals surface area (Å²) in [5, 5.41) is 6.34. The quantitative estimate of drug-likeness (QED) is 0.641. The average Bonchev–Trinajstić information content (AvgIpc) is 3.01. The number of hydrogen-bond donors (Lipinski definition) is 2. The molecule has 18 heavy (non-hydrogen) atoms. The number of rotatable bonds is 4. The van der Waals surface area contributed by atoms with Gasteiger partial charge < -0.3 is 19.5 Å². The van der Waals surface area contributed by atoms with Crippen LogP contribution >= 0.6 is 0 Å². The Morgan fingerprint density at radius 1 is 1.17 bits per heavy atom. The molecule has 0 aliphatic heterocycles. The Morgan fingerprint density at radius 3 is 2.61 bits per heavy atom. The molecule has 2 N–H and O–H groups in total. The topological polar surface area (TPSA) is 62.7 Å². The Hall–Kier alpha value is -2.17. The van der Waals surface area contributed by atoms with Crippen molar-refractivity contribution >= 4 is 5.96 Å². The molecule has 0 saturated carbocycles. The van der Waals surface area contributed by atoms with E-state index in [0.717, 1.165) is 17.1 Å². The van der Waals surface area contributed by atoms with E-state index in [4.69, 9.17) is 8.83 Å². The lowest BCUT2D eigenvalue weighted by molar-refractivity contribution is 0.492. The number of hydrogen-bond acceptors (Lipinski definition) is 3. The van der Waals surface area contributed by atoms with Crippen LogP contribution in [0.2, 0.25) is 0 Å². The van der Waals surface area contributed by atoms with Gasteiger partial charge in [-0.3, -0.25) is 4.99 Å². The molecule has 0 bridgehead atoms. The summed E-state index contributed by atoms with van der Waals surface area (Å²) in [6.07, 6.45) is 3.34. The summed E-state index contributed by atoms with van der Waals surface area (Å²) in [6.45, 7) is 3.22. The fourth-order valence-corrected chi connectivity index (χ4v) is 1.55. The number of guanidine groups is 1. The molecule has 2 aromatic heterocycles. The van der Waals surface area contributed by atoms with E-state index in [1.165, 1.54) is 0 Å². The molecular weight excluding hydrogens is 230 g/mol. The van der Waals surface area contributed by atoms with Gasteiger partial charge in [0.1, 0.15) is 11.5 Å². The van der Waals surface area contributed by atoms with Crippen molar-refractivity contribution in [2.75, 3.05) is 7.05 Å². The first-order valence-corrected chi connectivity index (χ1v) is 5.79. The molecule has 5 nitrogen and oxygen atoms in total. The molecule has 0 saturated heterocycles. The predicted octanol–water partition coefficient (Wildman–Crippen LogP) is 2.05. The van der Waals surface area contributed by atoms with E-state index in [1.54, 1.807) is 19.6 Å². The van der Waals surface area contributed by atoms with Crippen LogP contribution in [0.5, 0.6) is 0 Å². The van der Waals surface area contributed by atoms with Crippen LogP contribution in [0.15, 0.2) is 44.6 Å². The van der Waals surface area contributed by atoms with Gasteiger partial charge in [-0.1, -0.05) is 0 Å². The minimum Gasteiger partial charge on any atom is -0.467 e. The molecule has 2 aromatic rings. The molecule has 5 heteroatoms. The Morgan fingerprint density at radius 2 is 2.00 bits per heavy atom. The second-order valence-electron chi connectivity index (χ2n) is 3.89. The zero-order chi connectivity index (χ0) is 12.8. The maximum Gasteiger partial charge on any atom is 0.191 e. The third-order valence-electron chi connectivity index (χ3n) is 2.62. The molecule has 0 aliphatic rings. The van der Waals surface area contributed by atoms with Crippen LogP contribution in [0.25, 0.3) is 0 Å².